The first-order valence-electron chi connectivity index (χ1n) is 5.73. The van der Waals surface area contributed by atoms with Crippen molar-refractivity contribution in [3.8, 4) is 10.4 Å². The molecule has 0 bridgehead atoms. The van der Waals surface area contributed by atoms with Crippen molar-refractivity contribution in [1.82, 2.24) is 5.16 Å². The minimum Gasteiger partial charge on any atom is -0.381 e. The molecule has 3 rings (SSSR count). The van der Waals surface area contributed by atoms with Gasteiger partial charge in [-0.3, -0.25) is 0 Å². The maximum atomic E-state index is 5.91. The number of anilines is 1. The van der Waals surface area contributed by atoms with Crippen LogP contribution in [0.15, 0.2) is 22.0 Å². The smallest absolute Gasteiger partial charge is 0.175 e. The average molecular weight is 250 g/mol. The van der Waals surface area contributed by atoms with Crippen LogP contribution in [0.2, 0.25) is 0 Å². The SMILES string of the molecule is Nc1noc(C2CCOCC2)c1-c1cccs1. The molecule has 1 aliphatic rings. The van der Waals surface area contributed by atoms with E-state index in [2.05, 4.69) is 11.2 Å². The molecule has 17 heavy (non-hydrogen) atoms. The molecule has 5 heteroatoms. The number of nitrogen functional groups attached to an aromatic ring is 1. The highest BCUT2D eigenvalue weighted by Gasteiger charge is 2.26. The van der Waals surface area contributed by atoms with Gasteiger partial charge in [0, 0.05) is 24.0 Å². The second-order valence-electron chi connectivity index (χ2n) is 4.17. The van der Waals surface area contributed by atoms with Gasteiger partial charge in [-0.2, -0.15) is 0 Å². The van der Waals surface area contributed by atoms with Gasteiger partial charge in [0.1, 0.15) is 0 Å². The van der Waals surface area contributed by atoms with E-state index in [4.69, 9.17) is 15.0 Å². The Morgan fingerprint density at radius 1 is 1.35 bits per heavy atom. The van der Waals surface area contributed by atoms with Crippen molar-refractivity contribution < 1.29 is 9.26 Å². The van der Waals surface area contributed by atoms with Gasteiger partial charge in [-0.1, -0.05) is 11.2 Å². The molecule has 90 valence electrons. The molecule has 1 fully saturated rings. The summed E-state index contributed by atoms with van der Waals surface area (Å²) < 4.78 is 10.8. The molecular formula is C12H14N2O2S. The van der Waals surface area contributed by atoms with Crippen LogP contribution in [0.1, 0.15) is 24.5 Å². The number of nitrogens with two attached hydrogens (primary N) is 1. The topological polar surface area (TPSA) is 61.3 Å². The largest absolute Gasteiger partial charge is 0.381 e. The molecule has 2 N–H and O–H groups in total. The maximum Gasteiger partial charge on any atom is 0.175 e. The summed E-state index contributed by atoms with van der Waals surface area (Å²) in [6, 6.07) is 4.07. The van der Waals surface area contributed by atoms with Crippen LogP contribution in [0.4, 0.5) is 5.82 Å². The lowest BCUT2D eigenvalue weighted by Crippen LogP contribution is -2.14. The first-order chi connectivity index (χ1) is 8.36. The summed E-state index contributed by atoms with van der Waals surface area (Å²) in [5, 5.41) is 5.95. The lowest BCUT2D eigenvalue weighted by atomic mass is 9.94. The summed E-state index contributed by atoms with van der Waals surface area (Å²) in [5.41, 5.74) is 6.89. The van der Waals surface area contributed by atoms with Crippen molar-refractivity contribution in [3.05, 3.63) is 23.3 Å². The summed E-state index contributed by atoms with van der Waals surface area (Å²) in [7, 11) is 0. The van der Waals surface area contributed by atoms with Crippen molar-refractivity contribution in [2.75, 3.05) is 18.9 Å². The van der Waals surface area contributed by atoms with Gasteiger partial charge in [0.25, 0.3) is 0 Å². The Labute approximate surface area is 103 Å². The summed E-state index contributed by atoms with van der Waals surface area (Å²) in [5.74, 6) is 1.80. The molecular weight excluding hydrogens is 236 g/mol. The number of hydrogen-bond acceptors (Lipinski definition) is 5. The van der Waals surface area contributed by atoms with Crippen LogP contribution < -0.4 is 5.73 Å². The molecule has 4 nitrogen and oxygen atoms in total. The molecule has 3 heterocycles. The Hall–Kier alpha value is -1.33. The van der Waals surface area contributed by atoms with Gasteiger partial charge >= 0.3 is 0 Å². The first kappa shape index (κ1) is 10.8. The summed E-state index contributed by atoms with van der Waals surface area (Å²) in [4.78, 5) is 1.13. The minimum absolute atomic E-state index is 0.380. The second-order valence-corrected chi connectivity index (χ2v) is 5.12. The van der Waals surface area contributed by atoms with Gasteiger partial charge < -0.3 is 15.0 Å². The maximum absolute atomic E-state index is 5.91. The fourth-order valence-electron chi connectivity index (χ4n) is 2.22. The molecule has 0 saturated carbocycles. The zero-order valence-electron chi connectivity index (χ0n) is 9.39. The molecule has 1 aliphatic heterocycles. The number of ether oxygens (including phenoxy) is 1. The van der Waals surface area contributed by atoms with Crippen LogP contribution in [0.25, 0.3) is 10.4 Å². The molecule has 1 saturated heterocycles. The van der Waals surface area contributed by atoms with E-state index in [1.807, 2.05) is 11.4 Å². The van der Waals surface area contributed by atoms with Crippen molar-refractivity contribution in [2.45, 2.75) is 18.8 Å². The Kier molecular flexibility index (Phi) is 2.86. The van der Waals surface area contributed by atoms with Crippen LogP contribution in [-0.4, -0.2) is 18.4 Å². The number of aromatic nitrogens is 1. The highest BCUT2D eigenvalue weighted by Crippen LogP contribution is 2.39. The molecule has 0 aromatic carbocycles. The van der Waals surface area contributed by atoms with Crippen LogP contribution >= 0.6 is 11.3 Å². The molecule has 0 amide bonds. The van der Waals surface area contributed by atoms with E-state index in [0.29, 0.717) is 11.7 Å². The molecule has 0 atom stereocenters. The summed E-state index contributed by atoms with van der Waals surface area (Å²) in [6.07, 6.45) is 1.96. The summed E-state index contributed by atoms with van der Waals surface area (Å²) in [6.45, 7) is 1.57. The third-order valence-corrected chi connectivity index (χ3v) is 3.99. The molecule has 2 aromatic rings. The standard InChI is InChI=1S/C12H14N2O2S/c13-12-10(9-2-1-7-17-9)11(16-14-12)8-3-5-15-6-4-8/h1-2,7-8H,3-6H2,(H2,13,14). The van der Waals surface area contributed by atoms with Crippen molar-refractivity contribution >= 4 is 17.2 Å². The predicted octanol–water partition coefficient (Wildman–Crippen LogP) is 2.88. The lowest BCUT2D eigenvalue weighted by molar-refractivity contribution is 0.0793. The average Bonchev–Trinajstić information content (AvgIpc) is 2.99. The van der Waals surface area contributed by atoms with E-state index in [9.17, 15) is 0 Å². The van der Waals surface area contributed by atoms with E-state index < -0.39 is 0 Å². The van der Waals surface area contributed by atoms with Crippen molar-refractivity contribution in [2.24, 2.45) is 0 Å². The van der Waals surface area contributed by atoms with E-state index in [1.165, 1.54) is 0 Å². The van der Waals surface area contributed by atoms with Gasteiger partial charge in [0.05, 0.1) is 5.56 Å². The van der Waals surface area contributed by atoms with Crippen molar-refractivity contribution in [3.63, 3.8) is 0 Å². The number of rotatable bonds is 2. The number of hydrogen-bond donors (Lipinski definition) is 1. The third kappa shape index (κ3) is 1.96. The van der Waals surface area contributed by atoms with E-state index >= 15 is 0 Å². The van der Waals surface area contributed by atoms with Gasteiger partial charge in [-0.05, 0) is 24.3 Å². The Balaban J connectivity index is 1.99. The van der Waals surface area contributed by atoms with E-state index in [0.717, 1.165) is 42.3 Å². The molecule has 2 aromatic heterocycles. The van der Waals surface area contributed by atoms with Gasteiger partial charge in [0.2, 0.25) is 0 Å². The Morgan fingerprint density at radius 3 is 2.88 bits per heavy atom. The monoisotopic (exact) mass is 250 g/mol. The molecule has 0 unspecified atom stereocenters. The van der Waals surface area contributed by atoms with Crippen molar-refractivity contribution in [1.29, 1.82) is 0 Å². The van der Waals surface area contributed by atoms with Crippen LogP contribution in [-0.2, 0) is 4.74 Å². The van der Waals surface area contributed by atoms with Gasteiger partial charge in [-0.25, -0.2) is 0 Å². The Bertz CT molecular complexity index is 487. The highest BCUT2D eigenvalue weighted by atomic mass is 32.1. The zero-order valence-corrected chi connectivity index (χ0v) is 10.2. The van der Waals surface area contributed by atoms with Crippen LogP contribution in [0.3, 0.4) is 0 Å². The lowest BCUT2D eigenvalue weighted by Gasteiger charge is -2.20. The van der Waals surface area contributed by atoms with Crippen LogP contribution in [0, 0.1) is 0 Å². The molecule has 0 spiro atoms. The number of nitrogens with zero attached hydrogens (tertiary/aromatic N) is 1. The van der Waals surface area contributed by atoms with E-state index in [-0.39, 0.29) is 0 Å². The fourth-order valence-corrected chi connectivity index (χ4v) is 3.01. The number of thiophene rings is 1. The van der Waals surface area contributed by atoms with Gasteiger partial charge in [0.15, 0.2) is 11.6 Å². The van der Waals surface area contributed by atoms with Crippen LogP contribution in [0.5, 0.6) is 0 Å². The Morgan fingerprint density at radius 2 is 2.18 bits per heavy atom. The predicted molar refractivity (Wildman–Crippen MR) is 67.0 cm³/mol. The fraction of sp³-hybridized carbons (Fsp3) is 0.417. The third-order valence-electron chi connectivity index (χ3n) is 3.10. The zero-order chi connectivity index (χ0) is 11.7. The minimum atomic E-state index is 0.380. The summed E-state index contributed by atoms with van der Waals surface area (Å²) >= 11 is 1.66. The highest BCUT2D eigenvalue weighted by molar-refractivity contribution is 7.13. The molecule has 0 radical (unpaired) electrons. The first-order valence-corrected chi connectivity index (χ1v) is 6.61. The van der Waals surface area contributed by atoms with Gasteiger partial charge in [-0.15, -0.1) is 11.3 Å². The normalized spacial score (nSPS) is 17.4. The molecule has 0 aliphatic carbocycles. The van der Waals surface area contributed by atoms with E-state index in [1.54, 1.807) is 11.3 Å². The second kappa shape index (κ2) is 4.50. The quantitative estimate of drug-likeness (QED) is 0.890.